The lowest BCUT2D eigenvalue weighted by molar-refractivity contribution is -0.133. The monoisotopic (exact) mass is 512 g/mol. The quantitative estimate of drug-likeness (QED) is 0.465. The van der Waals surface area contributed by atoms with Gasteiger partial charge in [0.25, 0.3) is 5.91 Å². The van der Waals surface area contributed by atoms with Crippen LogP contribution in [0.2, 0.25) is 5.02 Å². The number of nitrogens with zero attached hydrogens (tertiary/aromatic N) is 3. The number of hydrogen-bond acceptors (Lipinski definition) is 5. The number of rotatable bonds is 8. The third-order valence-corrected chi connectivity index (χ3v) is 6.43. The Morgan fingerprint density at radius 2 is 1.81 bits per heavy atom. The summed E-state index contributed by atoms with van der Waals surface area (Å²) in [5.41, 5.74) is 0.584. The predicted molar refractivity (Wildman–Crippen MR) is 131 cm³/mol. The summed E-state index contributed by atoms with van der Waals surface area (Å²) in [6, 6.07) is 14.5. The van der Waals surface area contributed by atoms with Gasteiger partial charge in [0.15, 0.2) is 5.69 Å². The van der Waals surface area contributed by atoms with E-state index in [-0.39, 0.29) is 43.4 Å². The zero-order valence-electron chi connectivity index (χ0n) is 20.0. The van der Waals surface area contributed by atoms with E-state index >= 15 is 0 Å². The van der Waals surface area contributed by atoms with Crippen LogP contribution >= 0.6 is 11.6 Å². The van der Waals surface area contributed by atoms with Crippen molar-refractivity contribution >= 4 is 29.4 Å². The Balaban J connectivity index is 1.61. The van der Waals surface area contributed by atoms with E-state index in [9.17, 15) is 18.8 Å². The molecule has 188 valence electrons. The zero-order valence-corrected chi connectivity index (χ0v) is 20.7. The molecule has 0 fully saturated rings. The maximum absolute atomic E-state index is 13.6. The first-order valence-electron chi connectivity index (χ1n) is 11.6. The summed E-state index contributed by atoms with van der Waals surface area (Å²) in [4.78, 5) is 40.8. The third kappa shape index (κ3) is 5.26. The largest absolute Gasteiger partial charge is 0.461 e. The Kier molecular flexibility index (Phi) is 7.40. The fourth-order valence-corrected chi connectivity index (χ4v) is 4.29. The van der Waals surface area contributed by atoms with Crippen LogP contribution in [-0.4, -0.2) is 51.2 Å². The number of hydrogen-bond donors (Lipinski definition) is 1. The van der Waals surface area contributed by atoms with Gasteiger partial charge in [-0.05, 0) is 55.7 Å². The molecule has 1 atom stereocenters. The molecular weight excluding hydrogens is 487 g/mol. The standard InChI is InChI=1S/C26H26ClFN4O4/c1-3-36-24(34)21-14-22-23(33)31(13-12-17-4-8-19(27)9-5-17)26(2,16-32(22)30-21)25(35)29-15-18-6-10-20(28)11-7-18/h4-11,14H,3,12-13,15-16H2,1-2H3,(H,29,35). The van der Waals surface area contributed by atoms with Crippen LogP contribution in [0.3, 0.4) is 0 Å². The molecule has 2 heterocycles. The van der Waals surface area contributed by atoms with Gasteiger partial charge in [0.05, 0.1) is 13.2 Å². The highest BCUT2D eigenvalue weighted by Gasteiger charge is 2.48. The third-order valence-electron chi connectivity index (χ3n) is 6.18. The smallest absolute Gasteiger partial charge is 0.358 e. The van der Waals surface area contributed by atoms with Crippen LogP contribution in [0.15, 0.2) is 54.6 Å². The summed E-state index contributed by atoms with van der Waals surface area (Å²) in [6.45, 7) is 3.98. The molecule has 0 saturated heterocycles. The van der Waals surface area contributed by atoms with Crippen molar-refractivity contribution in [1.82, 2.24) is 20.0 Å². The molecule has 1 aliphatic rings. The van der Waals surface area contributed by atoms with Gasteiger partial charge in [-0.3, -0.25) is 14.3 Å². The van der Waals surface area contributed by atoms with Gasteiger partial charge in [0.1, 0.15) is 17.1 Å². The van der Waals surface area contributed by atoms with Crippen LogP contribution in [0.5, 0.6) is 0 Å². The number of esters is 1. The molecule has 8 nitrogen and oxygen atoms in total. The Hall–Kier alpha value is -3.72. The molecule has 2 aromatic carbocycles. The molecule has 36 heavy (non-hydrogen) atoms. The van der Waals surface area contributed by atoms with Gasteiger partial charge < -0.3 is 15.0 Å². The van der Waals surface area contributed by atoms with Crippen LogP contribution < -0.4 is 5.32 Å². The summed E-state index contributed by atoms with van der Waals surface area (Å²) in [6.07, 6.45) is 0.489. The Bertz CT molecular complexity index is 1280. The number of halogens is 2. The first-order chi connectivity index (χ1) is 17.2. The number of carbonyl (C=O) groups is 3. The SMILES string of the molecule is CCOC(=O)c1cc2n(n1)CC(C)(C(=O)NCc1ccc(F)cc1)N(CCc1ccc(Cl)cc1)C2=O. The van der Waals surface area contributed by atoms with E-state index in [0.29, 0.717) is 17.0 Å². The van der Waals surface area contributed by atoms with E-state index in [1.807, 2.05) is 12.1 Å². The second-order valence-corrected chi connectivity index (χ2v) is 9.15. The van der Waals surface area contributed by atoms with Crippen LogP contribution in [0.1, 0.15) is 46.0 Å². The van der Waals surface area contributed by atoms with Crippen molar-refractivity contribution in [1.29, 1.82) is 0 Å². The normalized spacial score (nSPS) is 17.0. The molecular formula is C26H26ClFN4O4. The molecule has 4 rings (SSSR count). The van der Waals surface area contributed by atoms with E-state index in [2.05, 4.69) is 10.4 Å². The van der Waals surface area contributed by atoms with Crippen LogP contribution in [0.25, 0.3) is 0 Å². The summed E-state index contributed by atoms with van der Waals surface area (Å²) < 4.78 is 19.6. The number of nitrogens with one attached hydrogen (secondary N) is 1. The summed E-state index contributed by atoms with van der Waals surface area (Å²) in [5, 5.41) is 7.71. The number of fused-ring (bicyclic) bond motifs is 1. The first-order valence-corrected chi connectivity index (χ1v) is 11.9. The van der Waals surface area contributed by atoms with Gasteiger partial charge in [-0.2, -0.15) is 5.10 Å². The Morgan fingerprint density at radius 3 is 2.47 bits per heavy atom. The van der Waals surface area contributed by atoms with E-state index < -0.39 is 23.3 Å². The lowest BCUT2D eigenvalue weighted by Crippen LogP contribution is -2.64. The number of amides is 2. The van der Waals surface area contributed by atoms with Crippen LogP contribution in [0, 0.1) is 5.82 Å². The average Bonchev–Trinajstić information content (AvgIpc) is 3.28. The lowest BCUT2D eigenvalue weighted by Gasteiger charge is -2.43. The minimum absolute atomic E-state index is 0.00817. The van der Waals surface area contributed by atoms with E-state index in [0.717, 1.165) is 5.56 Å². The highest BCUT2D eigenvalue weighted by Crippen LogP contribution is 2.28. The maximum atomic E-state index is 13.6. The molecule has 0 spiro atoms. The second-order valence-electron chi connectivity index (χ2n) is 8.71. The Morgan fingerprint density at radius 1 is 1.14 bits per heavy atom. The van der Waals surface area contributed by atoms with Gasteiger partial charge in [-0.15, -0.1) is 0 Å². The van der Waals surface area contributed by atoms with Gasteiger partial charge >= 0.3 is 5.97 Å². The zero-order chi connectivity index (χ0) is 25.9. The molecule has 2 amide bonds. The number of aromatic nitrogens is 2. The summed E-state index contributed by atoms with van der Waals surface area (Å²) in [5.74, 6) is -1.82. The Labute approximate surface area is 213 Å². The molecule has 1 unspecified atom stereocenters. The van der Waals surface area contributed by atoms with Crippen molar-refractivity contribution in [3.63, 3.8) is 0 Å². The fourth-order valence-electron chi connectivity index (χ4n) is 4.16. The average molecular weight is 513 g/mol. The summed E-state index contributed by atoms with van der Waals surface area (Å²) in [7, 11) is 0. The van der Waals surface area contributed by atoms with Gasteiger partial charge in [0.2, 0.25) is 5.91 Å². The van der Waals surface area contributed by atoms with Crippen molar-refractivity contribution in [2.45, 2.75) is 38.9 Å². The first kappa shape index (κ1) is 25.4. The van der Waals surface area contributed by atoms with E-state index in [4.69, 9.17) is 16.3 Å². The van der Waals surface area contributed by atoms with Crippen molar-refractivity contribution in [3.05, 3.63) is 88.0 Å². The topological polar surface area (TPSA) is 93.5 Å². The molecule has 1 aliphatic heterocycles. The maximum Gasteiger partial charge on any atom is 0.358 e. The van der Waals surface area contributed by atoms with E-state index in [1.54, 1.807) is 38.1 Å². The van der Waals surface area contributed by atoms with Gasteiger partial charge in [-0.25, -0.2) is 9.18 Å². The van der Waals surface area contributed by atoms with Crippen LogP contribution in [0.4, 0.5) is 4.39 Å². The molecule has 1 N–H and O–H groups in total. The molecule has 0 bridgehead atoms. The van der Waals surface area contributed by atoms with Crippen molar-refractivity contribution < 1.29 is 23.5 Å². The number of ether oxygens (including phenoxy) is 1. The second kappa shape index (κ2) is 10.5. The predicted octanol–water partition coefficient (Wildman–Crippen LogP) is 3.63. The molecule has 10 heteroatoms. The lowest BCUT2D eigenvalue weighted by atomic mass is 9.94. The molecule has 3 aromatic rings. The number of benzene rings is 2. The number of carbonyl (C=O) groups excluding carboxylic acids is 3. The molecule has 0 radical (unpaired) electrons. The highest BCUT2D eigenvalue weighted by molar-refractivity contribution is 6.30. The highest BCUT2D eigenvalue weighted by atomic mass is 35.5. The molecule has 0 aliphatic carbocycles. The van der Waals surface area contributed by atoms with Crippen LogP contribution in [-0.2, 0) is 29.0 Å². The minimum Gasteiger partial charge on any atom is -0.461 e. The fraction of sp³-hybridized carbons (Fsp3) is 0.308. The van der Waals surface area contributed by atoms with Gasteiger partial charge in [0, 0.05) is 24.2 Å². The van der Waals surface area contributed by atoms with Crippen molar-refractivity contribution in [3.8, 4) is 0 Å². The van der Waals surface area contributed by atoms with Crippen molar-refractivity contribution in [2.24, 2.45) is 0 Å². The van der Waals surface area contributed by atoms with Gasteiger partial charge in [-0.1, -0.05) is 35.9 Å². The van der Waals surface area contributed by atoms with Crippen molar-refractivity contribution in [2.75, 3.05) is 13.2 Å². The molecule has 0 saturated carbocycles. The molecule has 1 aromatic heterocycles. The summed E-state index contributed by atoms with van der Waals surface area (Å²) >= 11 is 5.99. The van der Waals surface area contributed by atoms with E-state index in [1.165, 1.54) is 27.8 Å². The minimum atomic E-state index is -1.30.